The highest BCUT2D eigenvalue weighted by molar-refractivity contribution is 9.08. The highest BCUT2D eigenvalue weighted by Gasteiger charge is 2.09. The van der Waals surface area contributed by atoms with E-state index in [1.165, 1.54) is 11.1 Å². The molecule has 0 saturated heterocycles. The second-order valence-corrected chi connectivity index (χ2v) is 4.46. The molecule has 0 aliphatic carbocycles. The topological polar surface area (TPSA) is 25.4 Å². The van der Waals surface area contributed by atoms with E-state index in [0.29, 0.717) is 0 Å². The highest BCUT2D eigenvalue weighted by atomic mass is 79.9. The minimum Gasteiger partial charge on any atom is -0.380 e. The number of hydrogen-bond acceptors (Lipinski definition) is 3. The smallest absolute Gasteiger partial charge is 0.131 e. The number of nitrogens with zero attached hydrogens (tertiary/aromatic N) is 2. The van der Waals surface area contributed by atoms with Gasteiger partial charge in [-0.3, -0.25) is 0 Å². The number of aryl methyl sites for hydroxylation is 1. The molecule has 0 saturated carbocycles. The lowest BCUT2D eigenvalue weighted by Crippen LogP contribution is -2.28. The number of rotatable bonds is 7. The monoisotopic (exact) mass is 300 g/mol. The van der Waals surface area contributed by atoms with Gasteiger partial charge in [-0.15, -0.1) is 0 Å². The van der Waals surface area contributed by atoms with Crippen LogP contribution in [0.5, 0.6) is 0 Å². The fourth-order valence-corrected chi connectivity index (χ4v) is 2.07. The lowest BCUT2D eigenvalue weighted by molar-refractivity contribution is 0.154. The summed E-state index contributed by atoms with van der Waals surface area (Å²) in [5.41, 5.74) is 2.44. The van der Waals surface area contributed by atoms with E-state index in [0.717, 1.165) is 37.5 Å². The Morgan fingerprint density at radius 1 is 1.41 bits per heavy atom. The Balaban J connectivity index is 2.73. The van der Waals surface area contributed by atoms with Crippen molar-refractivity contribution < 1.29 is 4.74 Å². The molecule has 1 heterocycles. The first-order valence-electron chi connectivity index (χ1n) is 6.07. The molecule has 3 nitrogen and oxygen atoms in total. The number of likely N-dealkylation sites (N-methyl/N-ethyl adjacent to an activating group) is 1. The van der Waals surface area contributed by atoms with Crippen molar-refractivity contribution in [3.05, 3.63) is 23.4 Å². The molecule has 1 aromatic heterocycles. The van der Waals surface area contributed by atoms with E-state index < -0.39 is 0 Å². The molecule has 1 aromatic rings. The fourth-order valence-electron chi connectivity index (χ4n) is 1.76. The van der Waals surface area contributed by atoms with Gasteiger partial charge in [0.25, 0.3) is 0 Å². The van der Waals surface area contributed by atoms with Gasteiger partial charge in [0.2, 0.25) is 0 Å². The summed E-state index contributed by atoms with van der Waals surface area (Å²) >= 11 is 3.45. The molecular weight excluding hydrogens is 280 g/mol. The van der Waals surface area contributed by atoms with Crippen LogP contribution in [-0.2, 0) is 10.1 Å². The quantitative estimate of drug-likeness (QED) is 0.571. The van der Waals surface area contributed by atoms with E-state index in [4.69, 9.17) is 4.74 Å². The molecule has 0 aliphatic heterocycles. The number of hydrogen-bond donors (Lipinski definition) is 0. The maximum Gasteiger partial charge on any atom is 0.131 e. The van der Waals surface area contributed by atoms with Gasteiger partial charge in [0.05, 0.1) is 6.61 Å². The van der Waals surface area contributed by atoms with Crippen LogP contribution in [0.4, 0.5) is 5.82 Å². The number of anilines is 1. The van der Waals surface area contributed by atoms with Crippen molar-refractivity contribution in [2.24, 2.45) is 0 Å². The average molecular weight is 301 g/mol. The standard InChI is InChI=1S/C13H21BrN2O/c1-4-16(6-7-17-5-2)13-11(3)8-12(9-14)10-15-13/h8,10H,4-7,9H2,1-3H3. The molecule has 0 aromatic carbocycles. The summed E-state index contributed by atoms with van der Waals surface area (Å²) in [4.78, 5) is 6.79. The summed E-state index contributed by atoms with van der Waals surface area (Å²) in [7, 11) is 0. The van der Waals surface area contributed by atoms with Crippen LogP contribution in [-0.4, -0.2) is 31.3 Å². The predicted molar refractivity (Wildman–Crippen MR) is 76.0 cm³/mol. The first-order chi connectivity index (χ1) is 8.22. The molecule has 0 radical (unpaired) electrons. The second kappa shape index (κ2) is 7.67. The van der Waals surface area contributed by atoms with Gasteiger partial charge in [-0.1, -0.05) is 22.0 Å². The zero-order chi connectivity index (χ0) is 12.7. The molecule has 0 amide bonds. The van der Waals surface area contributed by atoms with E-state index in [2.05, 4.69) is 45.7 Å². The molecule has 4 heteroatoms. The number of pyridine rings is 1. The molecular formula is C13H21BrN2O. The van der Waals surface area contributed by atoms with Gasteiger partial charge in [0.15, 0.2) is 0 Å². The zero-order valence-electron chi connectivity index (χ0n) is 10.9. The van der Waals surface area contributed by atoms with Gasteiger partial charge in [0, 0.05) is 31.2 Å². The first-order valence-corrected chi connectivity index (χ1v) is 7.19. The second-order valence-electron chi connectivity index (χ2n) is 3.89. The largest absolute Gasteiger partial charge is 0.380 e. The van der Waals surface area contributed by atoms with Crippen molar-refractivity contribution in [1.29, 1.82) is 0 Å². The molecule has 96 valence electrons. The first kappa shape index (κ1) is 14.5. The minimum atomic E-state index is 0.756. The average Bonchev–Trinajstić information content (AvgIpc) is 2.35. The van der Waals surface area contributed by atoms with E-state index >= 15 is 0 Å². The molecule has 0 spiro atoms. The molecule has 0 aliphatic rings. The highest BCUT2D eigenvalue weighted by Crippen LogP contribution is 2.18. The van der Waals surface area contributed by atoms with Gasteiger partial charge in [0.1, 0.15) is 5.82 Å². The Labute approximate surface area is 112 Å². The Hall–Kier alpha value is -0.610. The van der Waals surface area contributed by atoms with Crippen molar-refractivity contribution in [2.45, 2.75) is 26.1 Å². The van der Waals surface area contributed by atoms with Crippen LogP contribution in [0.15, 0.2) is 12.3 Å². The Morgan fingerprint density at radius 2 is 2.18 bits per heavy atom. The van der Waals surface area contributed by atoms with Crippen LogP contribution in [0, 0.1) is 6.92 Å². The third-order valence-electron chi connectivity index (χ3n) is 2.65. The summed E-state index contributed by atoms with van der Waals surface area (Å²) in [5, 5.41) is 0.853. The molecule has 1 rings (SSSR count). The van der Waals surface area contributed by atoms with Crippen LogP contribution in [0.1, 0.15) is 25.0 Å². The lowest BCUT2D eigenvalue weighted by atomic mass is 10.2. The van der Waals surface area contributed by atoms with Gasteiger partial charge >= 0.3 is 0 Å². The van der Waals surface area contributed by atoms with Crippen molar-refractivity contribution in [1.82, 2.24) is 4.98 Å². The van der Waals surface area contributed by atoms with Gasteiger partial charge in [-0.2, -0.15) is 0 Å². The summed E-state index contributed by atoms with van der Waals surface area (Å²) in [6.45, 7) is 9.65. The third-order valence-corrected chi connectivity index (χ3v) is 3.30. The van der Waals surface area contributed by atoms with Gasteiger partial charge in [-0.25, -0.2) is 4.98 Å². The van der Waals surface area contributed by atoms with Crippen LogP contribution in [0.25, 0.3) is 0 Å². The van der Waals surface area contributed by atoms with Gasteiger partial charge in [-0.05, 0) is 31.9 Å². The Kier molecular flexibility index (Phi) is 6.52. The minimum absolute atomic E-state index is 0.756. The number of ether oxygens (including phenoxy) is 1. The van der Waals surface area contributed by atoms with Crippen molar-refractivity contribution >= 4 is 21.7 Å². The van der Waals surface area contributed by atoms with Crippen molar-refractivity contribution in [3.8, 4) is 0 Å². The van der Waals surface area contributed by atoms with Gasteiger partial charge < -0.3 is 9.64 Å². The summed E-state index contributed by atoms with van der Waals surface area (Å²) in [6.07, 6.45) is 1.93. The number of aromatic nitrogens is 1. The van der Waals surface area contributed by atoms with E-state index in [1.807, 2.05) is 13.1 Å². The number of halogens is 1. The molecule has 0 N–H and O–H groups in total. The molecule has 0 unspecified atom stereocenters. The van der Waals surface area contributed by atoms with E-state index in [-0.39, 0.29) is 0 Å². The van der Waals surface area contributed by atoms with Crippen molar-refractivity contribution in [2.75, 3.05) is 31.2 Å². The Bertz CT molecular complexity index is 344. The van der Waals surface area contributed by atoms with Crippen LogP contribution in [0.2, 0.25) is 0 Å². The maximum absolute atomic E-state index is 5.40. The molecule has 0 bridgehead atoms. The number of alkyl halides is 1. The van der Waals surface area contributed by atoms with E-state index in [9.17, 15) is 0 Å². The van der Waals surface area contributed by atoms with Crippen LogP contribution in [0.3, 0.4) is 0 Å². The molecule has 17 heavy (non-hydrogen) atoms. The Morgan fingerprint density at radius 3 is 2.71 bits per heavy atom. The molecule has 0 fully saturated rings. The lowest BCUT2D eigenvalue weighted by Gasteiger charge is -2.23. The third kappa shape index (κ3) is 4.28. The van der Waals surface area contributed by atoms with Crippen LogP contribution < -0.4 is 4.90 Å². The SMILES string of the molecule is CCOCCN(CC)c1ncc(CBr)cc1C. The molecule has 0 atom stereocenters. The normalized spacial score (nSPS) is 10.6. The summed E-state index contributed by atoms with van der Waals surface area (Å²) in [6, 6.07) is 2.18. The predicted octanol–water partition coefficient (Wildman–Crippen LogP) is 3.15. The fraction of sp³-hybridized carbons (Fsp3) is 0.615. The summed E-state index contributed by atoms with van der Waals surface area (Å²) < 4.78 is 5.40. The van der Waals surface area contributed by atoms with E-state index in [1.54, 1.807) is 0 Å². The zero-order valence-corrected chi connectivity index (χ0v) is 12.5. The maximum atomic E-state index is 5.40. The summed E-state index contributed by atoms with van der Waals surface area (Å²) in [5.74, 6) is 1.07. The van der Waals surface area contributed by atoms with Crippen LogP contribution >= 0.6 is 15.9 Å². The van der Waals surface area contributed by atoms with Crippen molar-refractivity contribution in [3.63, 3.8) is 0 Å².